The van der Waals surface area contributed by atoms with Crippen molar-refractivity contribution in [2.45, 2.75) is 88.9 Å². The molecule has 2 fully saturated rings. The summed E-state index contributed by atoms with van der Waals surface area (Å²) in [6, 6.07) is 0. The minimum absolute atomic E-state index is 0.833. The smallest absolute Gasteiger partial charge is 0.0619 e. The fourth-order valence-electron chi connectivity index (χ4n) is 3.75. The van der Waals surface area contributed by atoms with Crippen LogP contribution in [0.25, 0.3) is 0 Å². The van der Waals surface area contributed by atoms with E-state index in [2.05, 4.69) is 6.92 Å². The summed E-state index contributed by atoms with van der Waals surface area (Å²) in [5, 5.41) is 0. The zero-order valence-electron chi connectivity index (χ0n) is 12.1. The number of hydrogen-bond acceptors (Lipinski definition) is 0. The highest BCUT2D eigenvalue weighted by atomic mass is 31.1. The van der Waals surface area contributed by atoms with Gasteiger partial charge in [0.15, 0.2) is 0 Å². The molecule has 2 aliphatic rings. The summed E-state index contributed by atoms with van der Waals surface area (Å²) in [7, 11) is -1.37. The van der Waals surface area contributed by atoms with Gasteiger partial charge in [0.05, 0.1) is 17.5 Å². The van der Waals surface area contributed by atoms with Crippen LogP contribution in [-0.4, -0.2) is 18.8 Å². The van der Waals surface area contributed by atoms with Gasteiger partial charge in [0.25, 0.3) is 1.28 Å². The molecule has 0 N–H and O–H groups in total. The Kier molecular flexibility index (Phi) is 5.04. The van der Waals surface area contributed by atoms with Crippen LogP contribution in [-0.2, 0) is 0 Å². The molecule has 1 heteroatoms. The Morgan fingerprint density at radius 2 is 1.31 bits per heavy atom. The first-order valence-electron chi connectivity index (χ1n) is 8.12. The molecule has 0 radical (unpaired) electrons. The minimum atomic E-state index is -1.37. The summed E-state index contributed by atoms with van der Waals surface area (Å²) in [5.74, 6) is 0. The summed E-state index contributed by atoms with van der Waals surface area (Å²) < 4.78 is 9.22. The molecule has 0 bridgehead atoms. The second-order valence-electron chi connectivity index (χ2n) is 5.82. The Morgan fingerprint density at radius 3 is 1.69 bits per heavy atom. The SMILES string of the molecule is [2H][P+](CCC)(C1CCCCC1)C1CCCCC1. The molecule has 0 aromatic carbocycles. The van der Waals surface area contributed by atoms with Crippen molar-refractivity contribution in [3.05, 3.63) is 0 Å². The van der Waals surface area contributed by atoms with Gasteiger partial charge in [0.1, 0.15) is 0 Å². The van der Waals surface area contributed by atoms with Crippen LogP contribution < -0.4 is 0 Å². The van der Waals surface area contributed by atoms with Gasteiger partial charge in [0.2, 0.25) is 0 Å². The lowest BCUT2D eigenvalue weighted by molar-refractivity contribution is 0.484. The third-order valence-corrected chi connectivity index (χ3v) is 8.44. The van der Waals surface area contributed by atoms with Crippen LogP contribution in [0.15, 0.2) is 0 Å². The van der Waals surface area contributed by atoms with Crippen molar-refractivity contribution in [2.24, 2.45) is 0 Å². The zero-order chi connectivity index (χ0) is 12.1. The Balaban J connectivity index is 2.05. The van der Waals surface area contributed by atoms with E-state index >= 15 is 0 Å². The van der Waals surface area contributed by atoms with Gasteiger partial charge in [-0.15, -0.1) is 0 Å². The molecule has 0 aromatic heterocycles. The van der Waals surface area contributed by atoms with Crippen LogP contribution in [0.1, 0.15) is 77.6 Å². The van der Waals surface area contributed by atoms with E-state index in [4.69, 9.17) is 0 Å². The first kappa shape index (κ1) is 11.5. The predicted octanol–water partition coefficient (Wildman–Crippen LogP) is 5.28. The Labute approximate surface area is 105 Å². The average molecular weight is 242 g/mol. The van der Waals surface area contributed by atoms with Crippen LogP contribution in [0.4, 0.5) is 0 Å². The van der Waals surface area contributed by atoms with Gasteiger partial charge in [-0.25, -0.2) is 0 Å². The van der Waals surface area contributed by atoms with E-state index < -0.39 is 7.87 Å². The molecule has 2 saturated carbocycles. The number of hydrogen-bond donors (Lipinski definition) is 0. The second kappa shape index (κ2) is 7.00. The highest BCUT2D eigenvalue weighted by Gasteiger charge is 2.36. The molecule has 2 aliphatic carbocycles. The standard InChI is InChI=1S/C15H29P/c1-2-13-16(14-9-5-3-6-10-14)15-11-7-4-8-12-15/h14-15H,2-13H2,1H3/p+1/i/hD. The van der Waals surface area contributed by atoms with Crippen molar-refractivity contribution in [2.75, 3.05) is 6.16 Å². The van der Waals surface area contributed by atoms with Gasteiger partial charge in [0, 0.05) is 7.87 Å². The molecule has 0 saturated heterocycles. The molecule has 16 heavy (non-hydrogen) atoms. The maximum Gasteiger partial charge on any atom is 0.269 e. The molecular weight excluding hydrogens is 211 g/mol. The Hall–Kier alpha value is 0.430. The molecule has 2 rings (SSSR count). The summed E-state index contributed by atoms with van der Waals surface area (Å²) in [4.78, 5) is 0. The third kappa shape index (κ3) is 3.46. The zero-order valence-corrected chi connectivity index (χ0v) is 12.0. The Morgan fingerprint density at radius 1 is 0.875 bits per heavy atom. The maximum absolute atomic E-state index is 9.22. The quantitative estimate of drug-likeness (QED) is 0.589. The van der Waals surface area contributed by atoms with E-state index in [1.807, 2.05) is 0 Å². The summed E-state index contributed by atoms with van der Waals surface area (Å²) in [5.41, 5.74) is 1.67. The van der Waals surface area contributed by atoms with Gasteiger partial charge in [-0.2, -0.15) is 0 Å². The highest BCUT2D eigenvalue weighted by molar-refractivity contribution is 7.59. The first-order chi connectivity index (χ1) is 8.27. The van der Waals surface area contributed by atoms with Crippen molar-refractivity contribution < 1.29 is 0 Å². The van der Waals surface area contributed by atoms with Crippen LogP contribution in [0.3, 0.4) is 0 Å². The summed E-state index contributed by atoms with van der Waals surface area (Å²) >= 11 is 0. The Bertz CT molecular complexity index is 199. The largest absolute Gasteiger partial charge is 0.269 e. The normalized spacial score (nSPS) is 26.7. The van der Waals surface area contributed by atoms with Crippen LogP contribution in [0.5, 0.6) is 0 Å². The maximum atomic E-state index is 9.22. The average Bonchev–Trinajstić information content (AvgIpc) is 2.41. The van der Waals surface area contributed by atoms with Crippen molar-refractivity contribution in [1.82, 2.24) is 0 Å². The fourth-order valence-corrected chi connectivity index (χ4v) is 7.65. The molecule has 0 atom stereocenters. The predicted molar refractivity (Wildman–Crippen MR) is 77.2 cm³/mol. The highest BCUT2D eigenvalue weighted by Crippen LogP contribution is 2.55. The molecule has 0 amide bonds. The molecule has 0 aromatic rings. The summed E-state index contributed by atoms with van der Waals surface area (Å²) in [6.07, 6.45) is 16.7. The van der Waals surface area contributed by atoms with Gasteiger partial charge in [-0.3, -0.25) is 0 Å². The summed E-state index contributed by atoms with van der Waals surface area (Å²) in [6.45, 7) is 2.30. The molecule has 0 aliphatic heterocycles. The van der Waals surface area contributed by atoms with E-state index in [1.165, 1.54) is 76.8 Å². The second-order valence-corrected chi connectivity index (χ2v) is 8.76. The molecule has 0 unspecified atom stereocenters. The molecule has 94 valence electrons. The minimum Gasteiger partial charge on any atom is -0.0619 e. The van der Waals surface area contributed by atoms with E-state index in [0.717, 1.165) is 11.3 Å². The van der Waals surface area contributed by atoms with Crippen molar-refractivity contribution in [1.29, 1.82) is 1.28 Å². The first-order valence-corrected chi connectivity index (χ1v) is 9.34. The van der Waals surface area contributed by atoms with E-state index in [-0.39, 0.29) is 0 Å². The molecular formula is C15H30P+. The molecule has 0 nitrogen and oxygen atoms in total. The third-order valence-electron chi connectivity index (χ3n) is 4.57. The van der Waals surface area contributed by atoms with E-state index in [1.54, 1.807) is 0 Å². The van der Waals surface area contributed by atoms with Crippen molar-refractivity contribution in [3.8, 4) is 0 Å². The monoisotopic (exact) mass is 242 g/mol. The van der Waals surface area contributed by atoms with Gasteiger partial charge < -0.3 is 0 Å². The lowest BCUT2D eigenvalue weighted by Gasteiger charge is -2.32. The van der Waals surface area contributed by atoms with Gasteiger partial charge >= 0.3 is 0 Å². The van der Waals surface area contributed by atoms with Gasteiger partial charge in [-0.1, -0.05) is 19.8 Å². The lowest BCUT2D eigenvalue weighted by atomic mass is 9.99. The van der Waals surface area contributed by atoms with Crippen LogP contribution >= 0.6 is 7.87 Å². The number of rotatable bonds is 4. The fraction of sp³-hybridized carbons (Fsp3) is 1.00. The van der Waals surface area contributed by atoms with Gasteiger partial charge in [-0.05, 0) is 57.8 Å². The lowest BCUT2D eigenvalue weighted by Crippen LogP contribution is -2.21. The van der Waals surface area contributed by atoms with Crippen LogP contribution in [0, 0.1) is 0 Å². The van der Waals surface area contributed by atoms with Crippen molar-refractivity contribution in [3.63, 3.8) is 0 Å². The molecule has 0 heterocycles. The van der Waals surface area contributed by atoms with E-state index in [0.29, 0.717) is 0 Å². The van der Waals surface area contributed by atoms with E-state index in [9.17, 15) is 1.28 Å². The topological polar surface area (TPSA) is 0 Å². The van der Waals surface area contributed by atoms with Crippen molar-refractivity contribution >= 4 is 7.87 Å². The molecule has 0 spiro atoms. The van der Waals surface area contributed by atoms with Crippen LogP contribution in [0.2, 0.25) is 0 Å².